The first-order chi connectivity index (χ1) is 10.1. The third-order valence-electron chi connectivity index (χ3n) is 3.48. The van der Waals surface area contributed by atoms with E-state index in [-0.39, 0.29) is 11.4 Å². The van der Waals surface area contributed by atoms with Gasteiger partial charge in [-0.3, -0.25) is 9.78 Å². The molecule has 110 valence electrons. The first-order valence-corrected chi connectivity index (χ1v) is 7.56. The summed E-state index contributed by atoms with van der Waals surface area (Å²) in [4.78, 5) is 21.6. The standard InChI is InChI=1S/C14H16BrN5O/c15-10-3-1-9(2-4-10)11-12(16)18-14(19-13(11)21)20-7-5-17-6-8-20/h1-4,17H,5-8H2,(H3,16,18,19,21). The van der Waals surface area contributed by atoms with E-state index in [1.165, 1.54) is 0 Å². The average Bonchev–Trinajstić information content (AvgIpc) is 2.49. The summed E-state index contributed by atoms with van der Waals surface area (Å²) in [7, 11) is 0. The Labute approximate surface area is 130 Å². The molecule has 2 aromatic rings. The van der Waals surface area contributed by atoms with Crippen LogP contribution in [0.1, 0.15) is 0 Å². The van der Waals surface area contributed by atoms with Crippen molar-refractivity contribution in [3.8, 4) is 11.1 Å². The third kappa shape index (κ3) is 2.93. The van der Waals surface area contributed by atoms with Crippen molar-refractivity contribution in [3.63, 3.8) is 0 Å². The molecule has 1 aliphatic rings. The van der Waals surface area contributed by atoms with Crippen molar-refractivity contribution in [1.82, 2.24) is 15.3 Å². The highest BCUT2D eigenvalue weighted by Crippen LogP contribution is 2.23. The second kappa shape index (κ2) is 5.87. The van der Waals surface area contributed by atoms with E-state index in [1.54, 1.807) is 0 Å². The van der Waals surface area contributed by atoms with Crippen LogP contribution >= 0.6 is 15.9 Å². The number of H-pyrrole nitrogens is 1. The van der Waals surface area contributed by atoms with Gasteiger partial charge in [-0.2, -0.15) is 4.98 Å². The SMILES string of the molecule is Nc1nc(N2CCNCC2)[nH]c(=O)c1-c1ccc(Br)cc1. The maximum Gasteiger partial charge on any atom is 0.262 e. The van der Waals surface area contributed by atoms with Crippen LogP contribution in [0, 0.1) is 0 Å². The topological polar surface area (TPSA) is 87.0 Å². The molecule has 6 nitrogen and oxygen atoms in total. The molecule has 1 aromatic carbocycles. The van der Waals surface area contributed by atoms with Crippen molar-refractivity contribution in [1.29, 1.82) is 0 Å². The van der Waals surface area contributed by atoms with Crippen molar-refractivity contribution in [3.05, 3.63) is 39.1 Å². The minimum absolute atomic E-state index is 0.210. The van der Waals surface area contributed by atoms with E-state index in [0.717, 1.165) is 36.2 Å². The number of aromatic nitrogens is 2. The highest BCUT2D eigenvalue weighted by Gasteiger charge is 2.16. The molecule has 21 heavy (non-hydrogen) atoms. The molecule has 2 heterocycles. The van der Waals surface area contributed by atoms with Gasteiger partial charge in [-0.1, -0.05) is 28.1 Å². The number of halogens is 1. The van der Waals surface area contributed by atoms with E-state index >= 15 is 0 Å². The molecule has 1 fully saturated rings. The summed E-state index contributed by atoms with van der Waals surface area (Å²) in [5.41, 5.74) is 6.98. The molecule has 4 N–H and O–H groups in total. The maximum absolute atomic E-state index is 12.4. The summed E-state index contributed by atoms with van der Waals surface area (Å²) >= 11 is 3.37. The van der Waals surface area contributed by atoms with Gasteiger partial charge in [-0.15, -0.1) is 0 Å². The number of nitrogens with zero attached hydrogens (tertiary/aromatic N) is 2. The number of benzene rings is 1. The first kappa shape index (κ1) is 14.1. The van der Waals surface area contributed by atoms with Crippen LogP contribution < -0.4 is 21.5 Å². The van der Waals surface area contributed by atoms with E-state index in [9.17, 15) is 4.79 Å². The molecule has 0 spiro atoms. The maximum atomic E-state index is 12.4. The molecule has 0 unspecified atom stereocenters. The van der Waals surface area contributed by atoms with E-state index < -0.39 is 0 Å². The lowest BCUT2D eigenvalue weighted by molar-refractivity contribution is 0.579. The molecule has 0 amide bonds. The van der Waals surface area contributed by atoms with Crippen LogP contribution in [0.5, 0.6) is 0 Å². The van der Waals surface area contributed by atoms with Gasteiger partial charge in [0.15, 0.2) is 0 Å². The summed E-state index contributed by atoms with van der Waals surface area (Å²) in [6.07, 6.45) is 0. The van der Waals surface area contributed by atoms with E-state index in [4.69, 9.17) is 5.73 Å². The minimum Gasteiger partial charge on any atom is -0.383 e. The van der Waals surface area contributed by atoms with E-state index in [1.807, 2.05) is 29.2 Å². The number of nitrogen functional groups attached to an aromatic ring is 1. The van der Waals surface area contributed by atoms with E-state index in [2.05, 4.69) is 31.2 Å². The number of aromatic amines is 1. The summed E-state index contributed by atoms with van der Waals surface area (Å²) in [5, 5.41) is 3.26. The van der Waals surface area contributed by atoms with Crippen LogP contribution in [-0.4, -0.2) is 36.1 Å². The largest absolute Gasteiger partial charge is 0.383 e. The number of hydrogen-bond acceptors (Lipinski definition) is 5. The second-order valence-corrected chi connectivity index (χ2v) is 5.81. The summed E-state index contributed by atoms with van der Waals surface area (Å²) in [6, 6.07) is 7.44. The quantitative estimate of drug-likeness (QED) is 0.758. The zero-order valence-electron chi connectivity index (χ0n) is 11.4. The number of hydrogen-bond donors (Lipinski definition) is 3. The van der Waals surface area contributed by atoms with Crippen molar-refractivity contribution < 1.29 is 0 Å². The van der Waals surface area contributed by atoms with E-state index in [0.29, 0.717) is 11.5 Å². The van der Waals surface area contributed by atoms with Gasteiger partial charge in [0.1, 0.15) is 5.82 Å². The van der Waals surface area contributed by atoms with Crippen molar-refractivity contribution in [2.45, 2.75) is 0 Å². The number of piperazine rings is 1. The molecule has 1 saturated heterocycles. The fraction of sp³-hybridized carbons (Fsp3) is 0.286. The Balaban J connectivity index is 2.00. The Morgan fingerprint density at radius 2 is 1.86 bits per heavy atom. The minimum atomic E-state index is -0.210. The van der Waals surface area contributed by atoms with Crippen molar-refractivity contribution in [2.24, 2.45) is 0 Å². The molecule has 0 atom stereocenters. The highest BCUT2D eigenvalue weighted by atomic mass is 79.9. The number of rotatable bonds is 2. The van der Waals surface area contributed by atoms with Crippen molar-refractivity contribution in [2.75, 3.05) is 36.8 Å². The molecule has 1 aromatic heterocycles. The van der Waals surface area contributed by atoms with Crippen LogP contribution in [0.4, 0.5) is 11.8 Å². The Morgan fingerprint density at radius 1 is 1.19 bits per heavy atom. The fourth-order valence-corrected chi connectivity index (χ4v) is 2.66. The van der Waals surface area contributed by atoms with Gasteiger partial charge in [0.2, 0.25) is 5.95 Å². The highest BCUT2D eigenvalue weighted by molar-refractivity contribution is 9.10. The van der Waals surface area contributed by atoms with Crippen LogP contribution in [0.2, 0.25) is 0 Å². The molecule has 0 radical (unpaired) electrons. The number of nitrogens with one attached hydrogen (secondary N) is 2. The normalized spacial score (nSPS) is 15.2. The second-order valence-electron chi connectivity index (χ2n) is 4.89. The Hall–Kier alpha value is -1.86. The lowest BCUT2D eigenvalue weighted by Crippen LogP contribution is -2.44. The van der Waals surface area contributed by atoms with Gasteiger partial charge < -0.3 is 16.0 Å². The first-order valence-electron chi connectivity index (χ1n) is 6.76. The molecule has 0 aliphatic carbocycles. The molecule has 7 heteroatoms. The van der Waals surface area contributed by atoms with Gasteiger partial charge in [0, 0.05) is 30.7 Å². The Morgan fingerprint density at radius 3 is 2.48 bits per heavy atom. The van der Waals surface area contributed by atoms with Crippen LogP contribution in [0.3, 0.4) is 0 Å². The molecule has 0 bridgehead atoms. The summed E-state index contributed by atoms with van der Waals surface area (Å²) in [5.74, 6) is 0.800. The predicted octanol–water partition coefficient (Wildman–Crippen LogP) is 1.19. The smallest absolute Gasteiger partial charge is 0.262 e. The van der Waals surface area contributed by atoms with Gasteiger partial charge in [-0.05, 0) is 17.7 Å². The van der Waals surface area contributed by atoms with Crippen molar-refractivity contribution >= 4 is 27.7 Å². The molecular weight excluding hydrogens is 334 g/mol. The van der Waals surface area contributed by atoms with Gasteiger partial charge >= 0.3 is 0 Å². The Kier molecular flexibility index (Phi) is 3.94. The Bertz CT molecular complexity index is 692. The molecule has 3 rings (SSSR count). The summed E-state index contributed by atoms with van der Waals surface area (Å²) in [6.45, 7) is 3.36. The molecular formula is C14H16BrN5O. The van der Waals surface area contributed by atoms with Gasteiger partial charge in [0.05, 0.1) is 5.56 Å². The number of nitrogens with two attached hydrogens (primary N) is 1. The third-order valence-corrected chi connectivity index (χ3v) is 4.01. The van der Waals surface area contributed by atoms with Gasteiger partial charge in [-0.25, -0.2) is 0 Å². The molecule has 1 aliphatic heterocycles. The lowest BCUT2D eigenvalue weighted by Gasteiger charge is -2.28. The van der Waals surface area contributed by atoms with Crippen LogP contribution in [-0.2, 0) is 0 Å². The predicted molar refractivity (Wildman–Crippen MR) is 87.5 cm³/mol. The lowest BCUT2D eigenvalue weighted by atomic mass is 10.1. The average molecular weight is 350 g/mol. The van der Waals surface area contributed by atoms with Gasteiger partial charge in [0.25, 0.3) is 5.56 Å². The number of anilines is 2. The van der Waals surface area contributed by atoms with Crippen LogP contribution in [0.15, 0.2) is 33.5 Å². The fourth-order valence-electron chi connectivity index (χ4n) is 2.40. The molecule has 0 saturated carbocycles. The van der Waals surface area contributed by atoms with Crippen LogP contribution in [0.25, 0.3) is 11.1 Å². The monoisotopic (exact) mass is 349 g/mol. The summed E-state index contributed by atoms with van der Waals surface area (Å²) < 4.78 is 0.951. The zero-order chi connectivity index (χ0) is 14.8. The zero-order valence-corrected chi connectivity index (χ0v) is 13.0.